The van der Waals surface area contributed by atoms with E-state index < -0.39 is 11.9 Å². The fourth-order valence-corrected chi connectivity index (χ4v) is 3.28. The fraction of sp³-hybridized carbons (Fsp3) is 0.471. The fourth-order valence-electron chi connectivity index (χ4n) is 2.44. The summed E-state index contributed by atoms with van der Waals surface area (Å²) < 4.78 is 12.3. The molecule has 10 heteroatoms. The van der Waals surface area contributed by atoms with E-state index in [-0.39, 0.29) is 47.0 Å². The molecule has 27 heavy (non-hydrogen) atoms. The molecule has 0 unspecified atom stereocenters. The maximum Gasteiger partial charge on any atom is 0.344 e. The third-order valence-corrected chi connectivity index (χ3v) is 4.55. The van der Waals surface area contributed by atoms with Gasteiger partial charge in [0, 0.05) is 6.04 Å². The average molecular weight is 394 g/mol. The number of aryl methyl sites for hydroxylation is 1. The molecule has 146 valence electrons. The van der Waals surface area contributed by atoms with Gasteiger partial charge in [-0.3, -0.25) is 14.9 Å². The number of ketones is 1. The van der Waals surface area contributed by atoms with E-state index in [1.807, 2.05) is 18.4 Å². The highest BCUT2D eigenvalue weighted by molar-refractivity contribution is 7.99. The van der Waals surface area contributed by atoms with Crippen molar-refractivity contribution in [3.05, 3.63) is 23.2 Å². The van der Waals surface area contributed by atoms with Gasteiger partial charge in [0.25, 0.3) is 0 Å². The van der Waals surface area contributed by atoms with Crippen molar-refractivity contribution in [1.82, 2.24) is 14.8 Å². The van der Waals surface area contributed by atoms with Crippen molar-refractivity contribution >= 4 is 35.3 Å². The number of Topliss-reactive ketones (excluding diaryl/α,β-unsaturated/α-hetero) is 1. The van der Waals surface area contributed by atoms with Gasteiger partial charge in [0.05, 0.1) is 17.9 Å². The Balaban J connectivity index is 2.17. The van der Waals surface area contributed by atoms with E-state index in [2.05, 4.69) is 15.5 Å². The summed E-state index contributed by atoms with van der Waals surface area (Å²) in [5, 5.41) is 11.0. The van der Waals surface area contributed by atoms with Crippen LogP contribution < -0.4 is 5.32 Å². The molecule has 0 spiro atoms. The molecule has 2 rings (SSSR count). The topological polar surface area (TPSA) is 116 Å². The van der Waals surface area contributed by atoms with Gasteiger partial charge in [-0.25, -0.2) is 4.79 Å². The minimum atomic E-state index is -0.720. The Morgan fingerprint density at radius 1 is 1.33 bits per heavy atom. The zero-order valence-electron chi connectivity index (χ0n) is 15.9. The number of nitrogens with zero attached hydrogens (tertiary/aromatic N) is 3. The van der Waals surface area contributed by atoms with Crippen molar-refractivity contribution in [2.24, 2.45) is 0 Å². The Bertz CT molecular complexity index is 856. The van der Waals surface area contributed by atoms with Gasteiger partial charge < -0.3 is 13.7 Å². The molecular formula is C17H22N4O5S. The number of hydrogen-bond acceptors (Lipinski definition) is 8. The first-order chi connectivity index (χ1) is 12.8. The van der Waals surface area contributed by atoms with Gasteiger partial charge in [0.2, 0.25) is 11.8 Å². The number of aromatic nitrogens is 3. The number of esters is 1. The van der Waals surface area contributed by atoms with Crippen LogP contribution in [-0.4, -0.2) is 44.8 Å². The first-order valence-electron chi connectivity index (χ1n) is 8.39. The molecule has 0 aliphatic carbocycles. The molecule has 0 aliphatic rings. The van der Waals surface area contributed by atoms with Crippen molar-refractivity contribution in [3.63, 3.8) is 0 Å². The van der Waals surface area contributed by atoms with Gasteiger partial charge >= 0.3 is 5.97 Å². The summed E-state index contributed by atoms with van der Waals surface area (Å²) in [7, 11) is 0. The highest BCUT2D eigenvalue weighted by Crippen LogP contribution is 2.29. The number of amides is 1. The van der Waals surface area contributed by atoms with Crippen molar-refractivity contribution in [2.45, 2.75) is 45.8 Å². The van der Waals surface area contributed by atoms with Crippen molar-refractivity contribution in [1.29, 1.82) is 0 Å². The largest absolute Gasteiger partial charge is 0.462 e. The van der Waals surface area contributed by atoms with Crippen molar-refractivity contribution in [2.75, 3.05) is 17.7 Å². The minimum Gasteiger partial charge on any atom is -0.462 e. The molecule has 2 aromatic heterocycles. The molecule has 1 N–H and O–H groups in total. The maximum absolute atomic E-state index is 12.3. The van der Waals surface area contributed by atoms with Crippen LogP contribution in [0.2, 0.25) is 0 Å². The summed E-state index contributed by atoms with van der Waals surface area (Å²) >= 11 is 1.20. The highest BCUT2D eigenvalue weighted by Gasteiger charge is 2.28. The summed E-state index contributed by atoms with van der Waals surface area (Å²) in [6.07, 6.45) is 1.60. The molecule has 0 saturated carbocycles. The normalized spacial score (nSPS) is 10.9. The van der Waals surface area contributed by atoms with E-state index in [0.717, 1.165) is 0 Å². The zero-order chi connectivity index (χ0) is 20.1. The van der Waals surface area contributed by atoms with Crippen LogP contribution in [0.15, 0.2) is 15.9 Å². The number of thioether (sulfide) groups is 1. The Labute approximate surface area is 160 Å². The van der Waals surface area contributed by atoms with Crippen LogP contribution in [0, 0.1) is 6.92 Å². The zero-order valence-corrected chi connectivity index (χ0v) is 16.7. The lowest BCUT2D eigenvalue weighted by Crippen LogP contribution is -2.18. The van der Waals surface area contributed by atoms with Gasteiger partial charge in [-0.05, 0) is 34.6 Å². The third-order valence-electron chi connectivity index (χ3n) is 3.60. The number of ether oxygens (including phenoxy) is 1. The van der Waals surface area contributed by atoms with E-state index in [4.69, 9.17) is 9.15 Å². The van der Waals surface area contributed by atoms with Crippen LogP contribution in [0.1, 0.15) is 60.2 Å². The molecule has 2 aromatic rings. The molecule has 0 bridgehead atoms. The predicted molar refractivity (Wildman–Crippen MR) is 99.2 cm³/mol. The number of furan rings is 1. The van der Waals surface area contributed by atoms with Crippen LogP contribution in [0.3, 0.4) is 0 Å². The summed E-state index contributed by atoms with van der Waals surface area (Å²) in [4.78, 5) is 36.4. The van der Waals surface area contributed by atoms with Crippen LogP contribution in [-0.2, 0) is 9.53 Å². The molecule has 0 aromatic carbocycles. The summed E-state index contributed by atoms with van der Waals surface area (Å²) in [6.45, 7) is 8.62. The Kier molecular flexibility index (Phi) is 6.78. The van der Waals surface area contributed by atoms with E-state index in [0.29, 0.717) is 5.16 Å². The standard InChI is InChI=1S/C17H22N4O5S/c1-6-25-16(24)14-13(10(4)22)11(5)26-15(14)19-12(23)7-27-17-20-18-8-21(17)9(2)3/h8-9H,6-7H2,1-5H3,(H,19,23). The van der Waals surface area contributed by atoms with Crippen LogP contribution in [0.5, 0.6) is 0 Å². The van der Waals surface area contributed by atoms with E-state index in [1.54, 1.807) is 20.2 Å². The molecule has 1 amide bonds. The first-order valence-corrected chi connectivity index (χ1v) is 9.38. The van der Waals surface area contributed by atoms with E-state index in [9.17, 15) is 14.4 Å². The number of hydrogen-bond donors (Lipinski definition) is 1. The van der Waals surface area contributed by atoms with Crippen molar-refractivity contribution < 1.29 is 23.5 Å². The van der Waals surface area contributed by atoms with Crippen LogP contribution >= 0.6 is 11.8 Å². The Hall–Kier alpha value is -2.62. The number of carbonyl (C=O) groups excluding carboxylic acids is 3. The summed E-state index contributed by atoms with van der Waals surface area (Å²) in [5.74, 6) is -1.29. The lowest BCUT2D eigenvalue weighted by Gasteiger charge is -2.09. The van der Waals surface area contributed by atoms with Crippen molar-refractivity contribution in [3.8, 4) is 0 Å². The van der Waals surface area contributed by atoms with Gasteiger partial charge in [-0.2, -0.15) is 0 Å². The second-order valence-corrected chi connectivity index (χ2v) is 6.91. The smallest absolute Gasteiger partial charge is 0.344 e. The second-order valence-electron chi connectivity index (χ2n) is 5.97. The van der Waals surface area contributed by atoms with Crippen LogP contribution in [0.4, 0.5) is 5.88 Å². The molecular weight excluding hydrogens is 372 g/mol. The molecule has 0 atom stereocenters. The van der Waals surface area contributed by atoms with E-state index >= 15 is 0 Å². The SMILES string of the molecule is CCOC(=O)c1c(NC(=O)CSc2nncn2C(C)C)oc(C)c1C(C)=O. The molecule has 0 saturated heterocycles. The minimum absolute atomic E-state index is 0.0306. The summed E-state index contributed by atoms with van der Waals surface area (Å²) in [5.41, 5.74) is 0.0431. The molecule has 2 heterocycles. The molecule has 0 fully saturated rings. The molecule has 0 radical (unpaired) electrons. The highest BCUT2D eigenvalue weighted by atomic mass is 32.2. The molecule has 9 nitrogen and oxygen atoms in total. The maximum atomic E-state index is 12.3. The predicted octanol–water partition coefficient (Wildman–Crippen LogP) is 2.87. The number of rotatable bonds is 8. The van der Waals surface area contributed by atoms with E-state index in [1.165, 1.54) is 18.7 Å². The number of nitrogens with one attached hydrogen (secondary N) is 1. The van der Waals surface area contributed by atoms with Gasteiger partial charge in [-0.15, -0.1) is 10.2 Å². The number of carbonyl (C=O) groups is 3. The lowest BCUT2D eigenvalue weighted by molar-refractivity contribution is -0.113. The second kappa shape index (κ2) is 8.85. The third kappa shape index (κ3) is 4.76. The lowest BCUT2D eigenvalue weighted by atomic mass is 10.1. The summed E-state index contributed by atoms with van der Waals surface area (Å²) in [6, 6.07) is 0.159. The number of anilines is 1. The monoisotopic (exact) mass is 394 g/mol. The van der Waals surface area contributed by atoms with Gasteiger partial charge in [0.15, 0.2) is 10.9 Å². The molecule has 0 aliphatic heterocycles. The van der Waals surface area contributed by atoms with Gasteiger partial charge in [-0.1, -0.05) is 11.8 Å². The Morgan fingerprint density at radius 2 is 2.04 bits per heavy atom. The quantitative estimate of drug-likeness (QED) is 0.413. The van der Waals surface area contributed by atoms with Gasteiger partial charge in [0.1, 0.15) is 17.7 Å². The van der Waals surface area contributed by atoms with Crippen LogP contribution in [0.25, 0.3) is 0 Å². The Morgan fingerprint density at radius 3 is 2.63 bits per heavy atom. The average Bonchev–Trinajstić information content (AvgIpc) is 3.17. The first kappa shape index (κ1) is 20.7.